The van der Waals surface area contributed by atoms with Gasteiger partial charge in [0.1, 0.15) is 5.75 Å². The summed E-state index contributed by atoms with van der Waals surface area (Å²) in [5.41, 5.74) is -0.0159. The Balaban J connectivity index is -0.000000333. The molecule has 1 rings (SSSR count). The number of benzene rings is 1. The average Bonchev–Trinajstić information content (AvgIpc) is 1.88. The molecular formula is C6H7BaNO3. The second-order valence-electron chi connectivity index (χ2n) is 1.77. The summed E-state index contributed by atoms with van der Waals surface area (Å²) in [6.07, 6.45) is 0. The molecule has 0 aliphatic rings. The molecule has 0 atom stereocenters. The van der Waals surface area contributed by atoms with E-state index in [0.717, 1.165) is 0 Å². The van der Waals surface area contributed by atoms with Crippen LogP contribution >= 0.6 is 0 Å². The van der Waals surface area contributed by atoms with Gasteiger partial charge in [-0.3, -0.25) is 10.1 Å². The summed E-state index contributed by atoms with van der Waals surface area (Å²) in [6, 6.07) is 5.04. The molecule has 0 aliphatic carbocycles. The van der Waals surface area contributed by atoms with Crippen LogP contribution in [0.15, 0.2) is 24.3 Å². The number of hydrogen-bond donors (Lipinski definition) is 1. The maximum Gasteiger partial charge on any atom is 2.00 e. The van der Waals surface area contributed by atoms with E-state index in [0.29, 0.717) is 0 Å². The smallest absolute Gasteiger partial charge is 1.00 e. The first-order valence-electron chi connectivity index (χ1n) is 2.63. The summed E-state index contributed by atoms with van der Waals surface area (Å²) < 4.78 is 0. The molecule has 1 aromatic carbocycles. The molecule has 0 spiro atoms. The number of phenols is 1. The number of non-ortho nitro benzene ring substituents is 1. The SMILES string of the molecule is O=[N+]([O-])c1ccc(O)cc1.[Ba+2].[H-].[H-]. The molecule has 4 nitrogen and oxygen atoms in total. The van der Waals surface area contributed by atoms with E-state index >= 15 is 0 Å². The first-order chi connectivity index (χ1) is 4.70. The molecule has 0 aliphatic heterocycles. The molecule has 0 saturated carbocycles. The molecule has 0 fully saturated rings. The van der Waals surface area contributed by atoms with Crippen LogP contribution in [0.2, 0.25) is 0 Å². The molecule has 0 amide bonds. The molecule has 0 saturated heterocycles. The molecular weight excluding hydrogens is 271 g/mol. The van der Waals surface area contributed by atoms with Crippen molar-refractivity contribution in [3.63, 3.8) is 0 Å². The summed E-state index contributed by atoms with van der Waals surface area (Å²) >= 11 is 0. The van der Waals surface area contributed by atoms with Crippen LogP contribution in [0.3, 0.4) is 0 Å². The minimum Gasteiger partial charge on any atom is -1.00 e. The zero-order chi connectivity index (χ0) is 7.56. The van der Waals surface area contributed by atoms with Gasteiger partial charge in [-0.25, -0.2) is 0 Å². The number of aromatic hydroxyl groups is 1. The Morgan fingerprint density at radius 1 is 1.36 bits per heavy atom. The first kappa shape index (κ1) is 11.0. The van der Waals surface area contributed by atoms with Crippen molar-refractivity contribution >= 4 is 54.6 Å². The minimum atomic E-state index is -0.514. The summed E-state index contributed by atoms with van der Waals surface area (Å²) in [6.45, 7) is 0. The van der Waals surface area contributed by atoms with Crippen LogP contribution in [0.25, 0.3) is 0 Å². The van der Waals surface area contributed by atoms with Gasteiger partial charge in [0.2, 0.25) is 0 Å². The molecule has 0 heterocycles. The van der Waals surface area contributed by atoms with Gasteiger partial charge >= 0.3 is 48.9 Å². The number of rotatable bonds is 1. The predicted molar refractivity (Wildman–Crippen MR) is 42.7 cm³/mol. The van der Waals surface area contributed by atoms with E-state index in [2.05, 4.69) is 0 Å². The third-order valence-electron chi connectivity index (χ3n) is 1.06. The molecule has 56 valence electrons. The predicted octanol–water partition coefficient (Wildman–Crippen LogP) is 1.14. The van der Waals surface area contributed by atoms with Gasteiger partial charge < -0.3 is 7.96 Å². The van der Waals surface area contributed by atoms with Crippen LogP contribution in [0.5, 0.6) is 5.75 Å². The second-order valence-corrected chi connectivity index (χ2v) is 1.77. The van der Waals surface area contributed by atoms with Crippen LogP contribution in [-0.4, -0.2) is 58.9 Å². The molecule has 11 heavy (non-hydrogen) atoms. The van der Waals surface area contributed by atoms with Crippen molar-refractivity contribution in [3.05, 3.63) is 34.4 Å². The molecule has 0 bridgehead atoms. The molecule has 0 radical (unpaired) electrons. The Morgan fingerprint density at radius 2 is 1.82 bits per heavy atom. The van der Waals surface area contributed by atoms with Crippen molar-refractivity contribution in [1.82, 2.24) is 0 Å². The van der Waals surface area contributed by atoms with Gasteiger partial charge in [-0.1, -0.05) is 0 Å². The van der Waals surface area contributed by atoms with E-state index in [1.165, 1.54) is 24.3 Å². The van der Waals surface area contributed by atoms with Crippen LogP contribution in [0.4, 0.5) is 5.69 Å². The van der Waals surface area contributed by atoms with E-state index in [1.807, 2.05) is 0 Å². The fourth-order valence-corrected chi connectivity index (χ4v) is 0.574. The Labute approximate surface area is 106 Å². The molecule has 0 unspecified atom stereocenters. The zero-order valence-electron chi connectivity index (χ0n) is 7.73. The number of nitro groups is 1. The van der Waals surface area contributed by atoms with E-state index < -0.39 is 4.92 Å². The molecule has 5 heteroatoms. The largest absolute Gasteiger partial charge is 2.00 e. The van der Waals surface area contributed by atoms with E-state index in [-0.39, 0.29) is 63.2 Å². The van der Waals surface area contributed by atoms with Crippen molar-refractivity contribution in [3.8, 4) is 5.75 Å². The zero-order valence-corrected chi connectivity index (χ0v) is 10.2. The Bertz CT molecular complexity index is 255. The Hall–Kier alpha value is -0.00857. The van der Waals surface area contributed by atoms with Gasteiger partial charge in [0, 0.05) is 12.1 Å². The number of nitrogens with zero attached hydrogens (tertiary/aromatic N) is 1. The molecule has 0 aromatic heterocycles. The van der Waals surface area contributed by atoms with Gasteiger partial charge in [-0.2, -0.15) is 0 Å². The van der Waals surface area contributed by atoms with Crippen molar-refractivity contribution in [2.24, 2.45) is 0 Å². The van der Waals surface area contributed by atoms with Crippen molar-refractivity contribution in [2.45, 2.75) is 0 Å². The average molecular weight is 278 g/mol. The summed E-state index contributed by atoms with van der Waals surface area (Å²) in [5, 5.41) is 18.8. The molecule has 1 aromatic rings. The quantitative estimate of drug-likeness (QED) is 0.476. The topological polar surface area (TPSA) is 63.4 Å². The fraction of sp³-hybridized carbons (Fsp3) is 0. The number of hydrogen-bond acceptors (Lipinski definition) is 3. The number of nitro benzene ring substituents is 1. The van der Waals surface area contributed by atoms with Crippen molar-refractivity contribution in [1.29, 1.82) is 0 Å². The maximum atomic E-state index is 10.0. The summed E-state index contributed by atoms with van der Waals surface area (Å²) in [4.78, 5) is 9.52. The van der Waals surface area contributed by atoms with Gasteiger partial charge in [0.15, 0.2) is 0 Å². The van der Waals surface area contributed by atoms with E-state index in [4.69, 9.17) is 5.11 Å². The Kier molecular flexibility index (Phi) is 4.78. The minimum absolute atomic E-state index is 0. The van der Waals surface area contributed by atoms with Crippen LogP contribution in [0.1, 0.15) is 2.85 Å². The summed E-state index contributed by atoms with van der Waals surface area (Å²) in [7, 11) is 0. The standard InChI is InChI=1S/C6H5NO3.Ba.2H/c8-6-3-1-5(2-4-6)7(9)10;;;/h1-4,8H;;;/q;+2;2*-1. The van der Waals surface area contributed by atoms with E-state index in [1.54, 1.807) is 0 Å². The summed E-state index contributed by atoms with van der Waals surface area (Å²) in [5.74, 6) is 0.0330. The maximum absolute atomic E-state index is 10.0. The van der Waals surface area contributed by atoms with Gasteiger partial charge in [0.05, 0.1) is 4.92 Å². The fourth-order valence-electron chi connectivity index (χ4n) is 0.574. The Morgan fingerprint density at radius 3 is 2.18 bits per heavy atom. The van der Waals surface area contributed by atoms with Gasteiger partial charge in [0.25, 0.3) is 5.69 Å². The van der Waals surface area contributed by atoms with Crippen molar-refractivity contribution in [2.75, 3.05) is 0 Å². The third kappa shape index (κ3) is 3.26. The van der Waals surface area contributed by atoms with Gasteiger partial charge in [-0.15, -0.1) is 0 Å². The molecule has 1 N–H and O–H groups in total. The van der Waals surface area contributed by atoms with Crippen LogP contribution < -0.4 is 0 Å². The second kappa shape index (κ2) is 4.79. The van der Waals surface area contributed by atoms with E-state index in [9.17, 15) is 10.1 Å². The first-order valence-corrected chi connectivity index (χ1v) is 2.63. The third-order valence-corrected chi connectivity index (χ3v) is 1.06. The van der Waals surface area contributed by atoms with Crippen LogP contribution in [0, 0.1) is 10.1 Å². The van der Waals surface area contributed by atoms with Crippen molar-refractivity contribution < 1.29 is 12.9 Å². The van der Waals surface area contributed by atoms with Gasteiger partial charge in [-0.05, 0) is 12.1 Å². The number of phenolic OH excluding ortho intramolecular Hbond substituents is 1. The van der Waals surface area contributed by atoms with Crippen LogP contribution in [-0.2, 0) is 0 Å². The monoisotopic (exact) mass is 279 g/mol. The normalized spacial score (nSPS) is 8.36.